The molecule has 1 aromatic heterocycles. The minimum absolute atomic E-state index is 0.160. The summed E-state index contributed by atoms with van der Waals surface area (Å²) >= 11 is 1.47. The largest absolute Gasteiger partial charge is 0.497 e. The molecule has 0 aliphatic carbocycles. The summed E-state index contributed by atoms with van der Waals surface area (Å²) in [5.74, 6) is 1.40. The lowest BCUT2D eigenvalue weighted by Crippen LogP contribution is -2.45. The number of aryl methyl sites for hydroxylation is 1. The number of likely N-dealkylation sites (tertiary alicyclic amines) is 1. The number of imidazole rings is 1. The molecule has 152 valence electrons. The molecule has 0 saturated carbocycles. The van der Waals surface area contributed by atoms with Crippen molar-refractivity contribution < 1.29 is 9.53 Å². The molecule has 0 radical (unpaired) electrons. The topological polar surface area (TPSA) is 70.2 Å². The van der Waals surface area contributed by atoms with Crippen molar-refractivity contribution in [3.8, 4) is 5.75 Å². The molecule has 2 N–H and O–H groups in total. The van der Waals surface area contributed by atoms with E-state index < -0.39 is 0 Å². The van der Waals surface area contributed by atoms with Crippen LogP contribution < -0.4 is 10.1 Å². The van der Waals surface area contributed by atoms with E-state index in [4.69, 9.17) is 4.74 Å². The van der Waals surface area contributed by atoms with Crippen molar-refractivity contribution in [3.63, 3.8) is 0 Å². The van der Waals surface area contributed by atoms with Crippen LogP contribution in [0.3, 0.4) is 0 Å². The van der Waals surface area contributed by atoms with Crippen LogP contribution in [0.4, 0.5) is 5.69 Å². The Morgan fingerprint density at radius 2 is 2.14 bits per heavy atom. The molecule has 1 amide bonds. The molecule has 1 aliphatic rings. The number of hydrogen-bond acceptors (Lipinski definition) is 5. The molecule has 2 heterocycles. The summed E-state index contributed by atoms with van der Waals surface area (Å²) < 4.78 is 5.21. The van der Waals surface area contributed by atoms with Crippen LogP contribution in [0.5, 0.6) is 5.75 Å². The summed E-state index contributed by atoms with van der Waals surface area (Å²) in [6.07, 6.45) is 2.07. The van der Waals surface area contributed by atoms with Gasteiger partial charge in [-0.15, -0.1) is 0 Å². The Kier molecular flexibility index (Phi) is 5.94. The molecule has 1 fully saturated rings. The second-order valence-electron chi connectivity index (χ2n) is 7.40. The Labute approximate surface area is 175 Å². The van der Waals surface area contributed by atoms with Gasteiger partial charge in [0.2, 0.25) is 5.91 Å². The van der Waals surface area contributed by atoms with Gasteiger partial charge in [0, 0.05) is 24.8 Å². The van der Waals surface area contributed by atoms with Gasteiger partial charge < -0.3 is 19.9 Å². The van der Waals surface area contributed by atoms with Gasteiger partial charge >= 0.3 is 0 Å². The molecule has 7 heteroatoms. The molecule has 1 unspecified atom stereocenters. The molecule has 6 nitrogen and oxygen atoms in total. The van der Waals surface area contributed by atoms with Crippen molar-refractivity contribution in [3.05, 3.63) is 48.0 Å². The zero-order valence-electron chi connectivity index (χ0n) is 16.8. The van der Waals surface area contributed by atoms with Crippen LogP contribution in [-0.2, 0) is 4.79 Å². The lowest BCUT2D eigenvalue weighted by molar-refractivity contribution is -0.129. The van der Waals surface area contributed by atoms with E-state index in [1.807, 2.05) is 41.3 Å². The van der Waals surface area contributed by atoms with Gasteiger partial charge in [-0.3, -0.25) is 4.79 Å². The van der Waals surface area contributed by atoms with Gasteiger partial charge in [-0.1, -0.05) is 17.8 Å². The zero-order valence-corrected chi connectivity index (χ0v) is 17.6. The van der Waals surface area contributed by atoms with Crippen molar-refractivity contribution in [2.24, 2.45) is 0 Å². The fourth-order valence-electron chi connectivity index (χ4n) is 3.63. The Balaban J connectivity index is 1.31. The summed E-state index contributed by atoms with van der Waals surface area (Å²) in [5, 5.41) is 4.33. The monoisotopic (exact) mass is 410 g/mol. The third kappa shape index (κ3) is 4.85. The highest BCUT2D eigenvalue weighted by Gasteiger charge is 2.23. The average Bonchev–Trinajstić information content (AvgIpc) is 3.15. The number of anilines is 1. The highest BCUT2D eigenvalue weighted by molar-refractivity contribution is 7.99. The second kappa shape index (κ2) is 8.78. The van der Waals surface area contributed by atoms with E-state index in [1.165, 1.54) is 17.3 Å². The Morgan fingerprint density at radius 1 is 1.31 bits per heavy atom. The zero-order chi connectivity index (χ0) is 20.2. The lowest BCUT2D eigenvalue weighted by atomic mass is 10.1. The van der Waals surface area contributed by atoms with Crippen LogP contribution >= 0.6 is 11.8 Å². The maximum absolute atomic E-state index is 12.7. The Hall–Kier alpha value is -2.67. The highest BCUT2D eigenvalue weighted by Crippen LogP contribution is 2.23. The number of hydrogen-bond donors (Lipinski definition) is 2. The van der Waals surface area contributed by atoms with Gasteiger partial charge in [-0.25, -0.2) is 4.98 Å². The first-order valence-electron chi connectivity index (χ1n) is 9.88. The third-order valence-electron chi connectivity index (χ3n) is 5.18. The number of aromatic nitrogens is 2. The predicted molar refractivity (Wildman–Crippen MR) is 118 cm³/mol. The summed E-state index contributed by atoms with van der Waals surface area (Å²) in [6, 6.07) is 14.3. The molecule has 2 aromatic carbocycles. The summed E-state index contributed by atoms with van der Waals surface area (Å²) in [4.78, 5) is 22.6. The van der Waals surface area contributed by atoms with Gasteiger partial charge in [-0.05, 0) is 61.7 Å². The first kappa shape index (κ1) is 19.6. The molecule has 1 saturated heterocycles. The summed E-state index contributed by atoms with van der Waals surface area (Å²) in [5.41, 5.74) is 4.20. The third-order valence-corrected chi connectivity index (χ3v) is 6.04. The number of carbonyl (C=O) groups is 1. The van der Waals surface area contributed by atoms with Crippen molar-refractivity contribution in [1.82, 2.24) is 14.9 Å². The van der Waals surface area contributed by atoms with Crippen LogP contribution in [-0.4, -0.2) is 52.8 Å². The molecular formula is C22H26N4O2S. The number of fused-ring (bicyclic) bond motifs is 1. The van der Waals surface area contributed by atoms with Crippen molar-refractivity contribution in [2.45, 2.75) is 31.0 Å². The predicted octanol–water partition coefficient (Wildman–Crippen LogP) is 4.08. The van der Waals surface area contributed by atoms with Crippen LogP contribution in [0, 0.1) is 6.92 Å². The maximum Gasteiger partial charge on any atom is 0.233 e. The number of thioether (sulfide) groups is 1. The molecule has 1 aliphatic heterocycles. The molecule has 0 bridgehead atoms. The number of ether oxygens (including phenoxy) is 1. The SMILES string of the molecule is COc1ccc(NC2CCCN(C(=O)CSc3nc4ccc(C)cc4[nH]3)C2)cc1. The van der Waals surface area contributed by atoms with E-state index in [0.29, 0.717) is 5.75 Å². The molecular weight excluding hydrogens is 384 g/mol. The quantitative estimate of drug-likeness (QED) is 0.600. The number of H-pyrrole nitrogens is 1. The van der Waals surface area contributed by atoms with Crippen LogP contribution in [0.15, 0.2) is 47.6 Å². The highest BCUT2D eigenvalue weighted by atomic mass is 32.2. The Bertz CT molecular complexity index is 986. The van der Waals surface area contributed by atoms with E-state index in [0.717, 1.165) is 53.6 Å². The fourth-order valence-corrected chi connectivity index (χ4v) is 4.42. The van der Waals surface area contributed by atoms with Gasteiger partial charge in [0.1, 0.15) is 5.75 Å². The van der Waals surface area contributed by atoms with Crippen LogP contribution in [0.25, 0.3) is 11.0 Å². The number of piperidine rings is 1. The Morgan fingerprint density at radius 3 is 2.93 bits per heavy atom. The number of benzene rings is 2. The van der Waals surface area contributed by atoms with Crippen molar-refractivity contribution >= 4 is 34.4 Å². The van der Waals surface area contributed by atoms with Crippen LogP contribution in [0.1, 0.15) is 18.4 Å². The number of amides is 1. The van der Waals surface area contributed by atoms with Gasteiger partial charge in [-0.2, -0.15) is 0 Å². The molecule has 1 atom stereocenters. The lowest BCUT2D eigenvalue weighted by Gasteiger charge is -2.33. The van der Waals surface area contributed by atoms with E-state index in [-0.39, 0.29) is 11.9 Å². The number of carbonyl (C=O) groups excluding carboxylic acids is 1. The number of nitrogens with zero attached hydrogens (tertiary/aromatic N) is 2. The van der Waals surface area contributed by atoms with E-state index >= 15 is 0 Å². The minimum Gasteiger partial charge on any atom is -0.497 e. The van der Waals surface area contributed by atoms with E-state index in [2.05, 4.69) is 28.3 Å². The van der Waals surface area contributed by atoms with Gasteiger partial charge in [0.15, 0.2) is 5.16 Å². The van der Waals surface area contributed by atoms with Crippen molar-refractivity contribution in [2.75, 3.05) is 31.3 Å². The van der Waals surface area contributed by atoms with E-state index in [1.54, 1.807) is 7.11 Å². The van der Waals surface area contributed by atoms with E-state index in [9.17, 15) is 4.79 Å². The summed E-state index contributed by atoms with van der Waals surface area (Å²) in [7, 11) is 1.66. The average molecular weight is 411 g/mol. The first-order chi connectivity index (χ1) is 14.1. The number of aromatic amines is 1. The molecule has 0 spiro atoms. The van der Waals surface area contributed by atoms with Crippen molar-refractivity contribution in [1.29, 1.82) is 0 Å². The number of nitrogens with one attached hydrogen (secondary N) is 2. The number of methoxy groups -OCH3 is 1. The van der Waals surface area contributed by atoms with Gasteiger partial charge in [0.25, 0.3) is 0 Å². The standard InChI is InChI=1S/C22H26N4O2S/c1-15-5-10-19-20(12-15)25-22(24-19)29-14-21(27)26-11-3-4-17(13-26)23-16-6-8-18(28-2)9-7-16/h5-10,12,17,23H,3-4,11,13-14H2,1-2H3,(H,24,25). The van der Waals surface area contributed by atoms with Crippen LogP contribution in [0.2, 0.25) is 0 Å². The van der Waals surface area contributed by atoms with Gasteiger partial charge in [0.05, 0.1) is 23.9 Å². The number of rotatable bonds is 6. The molecule has 3 aromatic rings. The second-order valence-corrected chi connectivity index (χ2v) is 8.37. The summed E-state index contributed by atoms with van der Waals surface area (Å²) in [6.45, 7) is 3.60. The maximum atomic E-state index is 12.7. The molecule has 29 heavy (non-hydrogen) atoms. The molecule has 4 rings (SSSR count). The normalized spacial score (nSPS) is 16.8. The fraction of sp³-hybridized carbons (Fsp3) is 0.364. The smallest absolute Gasteiger partial charge is 0.233 e. The minimum atomic E-state index is 0.160. The first-order valence-corrected chi connectivity index (χ1v) is 10.9.